The molecule has 0 aliphatic carbocycles. The summed E-state index contributed by atoms with van der Waals surface area (Å²) in [6, 6.07) is 14.3. The lowest BCUT2D eigenvalue weighted by molar-refractivity contribution is -0.125. The average Bonchev–Trinajstić information content (AvgIpc) is 3.14. The topological polar surface area (TPSA) is 80.3 Å². The van der Waals surface area contributed by atoms with Crippen molar-refractivity contribution in [3.8, 4) is 5.75 Å². The van der Waals surface area contributed by atoms with Crippen molar-refractivity contribution in [1.29, 1.82) is 0 Å². The summed E-state index contributed by atoms with van der Waals surface area (Å²) in [5.41, 5.74) is 0.920. The van der Waals surface area contributed by atoms with Crippen LogP contribution in [0.1, 0.15) is 10.4 Å². The first-order chi connectivity index (χ1) is 14.0. The minimum Gasteiger partial charge on any atom is -0.484 e. The Hall–Kier alpha value is -2.61. The van der Waals surface area contributed by atoms with Crippen LogP contribution in [-0.2, 0) is 16.0 Å². The summed E-state index contributed by atoms with van der Waals surface area (Å²) in [5, 5.41) is 6.77. The van der Waals surface area contributed by atoms with Crippen LogP contribution in [0.4, 0.5) is 5.13 Å². The van der Waals surface area contributed by atoms with Gasteiger partial charge in [-0.2, -0.15) is 0 Å². The molecule has 0 aliphatic rings. The Morgan fingerprint density at radius 2 is 1.86 bits per heavy atom. The van der Waals surface area contributed by atoms with Crippen molar-refractivity contribution in [2.45, 2.75) is 6.42 Å². The zero-order valence-corrected chi connectivity index (χ0v) is 17.5. The highest BCUT2D eigenvalue weighted by Crippen LogP contribution is 2.26. The first-order valence-corrected chi connectivity index (χ1v) is 10.2. The third-order valence-corrected chi connectivity index (χ3v) is 5.24. The summed E-state index contributed by atoms with van der Waals surface area (Å²) >= 11 is 13.4. The molecule has 0 radical (unpaired) electrons. The zero-order chi connectivity index (χ0) is 20.6. The lowest BCUT2D eigenvalue weighted by atomic mass is 10.1. The SMILES string of the molecule is O=C(COc1ccccc1)NCC(=O)Nc1ncc(Cc2ccc(Cl)cc2Cl)s1. The number of amides is 2. The molecule has 6 nitrogen and oxygen atoms in total. The van der Waals surface area contributed by atoms with Gasteiger partial charge >= 0.3 is 0 Å². The summed E-state index contributed by atoms with van der Waals surface area (Å²) in [4.78, 5) is 28.9. The lowest BCUT2D eigenvalue weighted by Gasteiger charge is -2.07. The Bertz CT molecular complexity index is 996. The van der Waals surface area contributed by atoms with Crippen LogP contribution in [0.2, 0.25) is 10.0 Å². The van der Waals surface area contributed by atoms with E-state index in [0.717, 1.165) is 10.4 Å². The highest BCUT2D eigenvalue weighted by Gasteiger charge is 2.11. The number of ether oxygens (including phenoxy) is 1. The van der Waals surface area contributed by atoms with E-state index in [9.17, 15) is 9.59 Å². The predicted molar refractivity (Wildman–Crippen MR) is 115 cm³/mol. The number of nitrogens with zero attached hydrogens (tertiary/aromatic N) is 1. The molecular formula is C20H17Cl2N3O3S. The number of nitrogens with one attached hydrogen (secondary N) is 2. The van der Waals surface area contributed by atoms with E-state index >= 15 is 0 Å². The van der Waals surface area contributed by atoms with Crippen LogP contribution in [0, 0.1) is 0 Å². The summed E-state index contributed by atoms with van der Waals surface area (Å²) < 4.78 is 5.32. The van der Waals surface area contributed by atoms with E-state index in [1.165, 1.54) is 11.3 Å². The molecular weight excluding hydrogens is 433 g/mol. The Kier molecular flexibility index (Phi) is 7.46. The first kappa shape index (κ1) is 21.1. The molecule has 0 fully saturated rings. The van der Waals surface area contributed by atoms with Crippen molar-refractivity contribution in [2.75, 3.05) is 18.5 Å². The summed E-state index contributed by atoms with van der Waals surface area (Å²) in [6.45, 7) is -0.338. The molecule has 150 valence electrons. The maximum atomic E-state index is 12.0. The lowest BCUT2D eigenvalue weighted by Crippen LogP contribution is -2.35. The Morgan fingerprint density at radius 3 is 2.62 bits per heavy atom. The molecule has 2 amide bonds. The Labute approximate surface area is 181 Å². The van der Waals surface area contributed by atoms with E-state index in [1.807, 2.05) is 24.3 Å². The highest BCUT2D eigenvalue weighted by atomic mass is 35.5. The molecule has 9 heteroatoms. The molecule has 2 aromatic carbocycles. The molecule has 0 saturated carbocycles. The highest BCUT2D eigenvalue weighted by molar-refractivity contribution is 7.15. The van der Waals surface area contributed by atoms with Gasteiger partial charge in [0.1, 0.15) is 5.75 Å². The molecule has 0 aliphatic heterocycles. The molecule has 0 spiro atoms. The number of aromatic nitrogens is 1. The second kappa shape index (κ2) is 10.2. The minimum atomic E-state index is -0.388. The number of hydrogen-bond acceptors (Lipinski definition) is 5. The third kappa shape index (κ3) is 6.74. The van der Waals surface area contributed by atoms with Crippen LogP contribution in [0.15, 0.2) is 54.7 Å². The number of carbonyl (C=O) groups excluding carboxylic acids is 2. The molecule has 0 atom stereocenters. The van der Waals surface area contributed by atoms with Crippen LogP contribution in [0.5, 0.6) is 5.75 Å². The number of benzene rings is 2. The maximum Gasteiger partial charge on any atom is 0.258 e. The fourth-order valence-corrected chi connectivity index (χ4v) is 3.69. The van der Waals surface area contributed by atoms with Crippen molar-refractivity contribution in [3.63, 3.8) is 0 Å². The van der Waals surface area contributed by atoms with Crippen LogP contribution < -0.4 is 15.4 Å². The van der Waals surface area contributed by atoms with Crippen molar-refractivity contribution in [3.05, 3.63) is 75.2 Å². The van der Waals surface area contributed by atoms with E-state index in [0.29, 0.717) is 27.3 Å². The van der Waals surface area contributed by atoms with E-state index < -0.39 is 0 Å². The van der Waals surface area contributed by atoms with Crippen molar-refractivity contribution in [2.24, 2.45) is 0 Å². The first-order valence-electron chi connectivity index (χ1n) is 8.62. The molecule has 3 rings (SSSR count). The fourth-order valence-electron chi connectivity index (χ4n) is 2.36. The number of hydrogen-bond donors (Lipinski definition) is 2. The molecule has 1 heterocycles. The predicted octanol–water partition coefficient (Wildman–Crippen LogP) is 4.17. The Balaban J connectivity index is 1.43. The van der Waals surface area contributed by atoms with E-state index in [2.05, 4.69) is 15.6 Å². The minimum absolute atomic E-state index is 0.166. The van der Waals surface area contributed by atoms with Crippen LogP contribution in [0.3, 0.4) is 0 Å². The molecule has 0 unspecified atom stereocenters. The monoisotopic (exact) mass is 449 g/mol. The standard InChI is InChI=1S/C20H17Cl2N3O3S/c21-14-7-6-13(17(22)9-14)8-16-10-24-20(29-16)25-18(26)11-23-19(27)12-28-15-4-2-1-3-5-15/h1-7,9-10H,8,11-12H2,(H,23,27)(H,24,25,26). The number of thiazole rings is 1. The summed E-state index contributed by atoms with van der Waals surface area (Å²) in [7, 11) is 0. The van der Waals surface area contributed by atoms with Gasteiger partial charge < -0.3 is 15.4 Å². The van der Waals surface area contributed by atoms with Gasteiger partial charge in [-0.3, -0.25) is 9.59 Å². The summed E-state index contributed by atoms with van der Waals surface area (Å²) in [6.07, 6.45) is 2.26. The maximum absolute atomic E-state index is 12.0. The fraction of sp³-hybridized carbons (Fsp3) is 0.150. The molecule has 0 bridgehead atoms. The number of rotatable bonds is 8. The van der Waals surface area contributed by atoms with Gasteiger partial charge in [-0.15, -0.1) is 11.3 Å². The smallest absolute Gasteiger partial charge is 0.258 e. The van der Waals surface area contributed by atoms with Gasteiger partial charge in [0.15, 0.2) is 11.7 Å². The normalized spacial score (nSPS) is 10.4. The quantitative estimate of drug-likeness (QED) is 0.540. The summed E-state index contributed by atoms with van der Waals surface area (Å²) in [5.74, 6) is -0.173. The largest absolute Gasteiger partial charge is 0.484 e. The van der Waals surface area contributed by atoms with Crippen LogP contribution in [0.25, 0.3) is 0 Å². The van der Waals surface area contributed by atoms with Gasteiger partial charge in [0.05, 0.1) is 6.54 Å². The van der Waals surface area contributed by atoms with E-state index in [-0.39, 0.29) is 25.0 Å². The van der Waals surface area contributed by atoms with Crippen molar-refractivity contribution < 1.29 is 14.3 Å². The zero-order valence-electron chi connectivity index (χ0n) is 15.2. The molecule has 0 saturated heterocycles. The van der Waals surface area contributed by atoms with Crippen LogP contribution >= 0.6 is 34.5 Å². The van der Waals surface area contributed by atoms with Gasteiger partial charge in [-0.1, -0.05) is 47.5 Å². The van der Waals surface area contributed by atoms with Gasteiger partial charge in [-0.05, 0) is 29.8 Å². The molecule has 2 N–H and O–H groups in total. The van der Waals surface area contributed by atoms with Gasteiger partial charge in [0, 0.05) is 27.5 Å². The van der Waals surface area contributed by atoms with Crippen molar-refractivity contribution >= 4 is 51.5 Å². The second-order valence-electron chi connectivity index (χ2n) is 5.97. The third-order valence-electron chi connectivity index (χ3n) is 3.74. The number of para-hydroxylation sites is 1. The second-order valence-corrected chi connectivity index (χ2v) is 7.93. The van der Waals surface area contributed by atoms with Gasteiger partial charge in [-0.25, -0.2) is 4.98 Å². The number of carbonyl (C=O) groups is 2. The average molecular weight is 450 g/mol. The number of halogens is 2. The van der Waals surface area contributed by atoms with Gasteiger partial charge in [0.25, 0.3) is 5.91 Å². The molecule has 1 aromatic heterocycles. The Morgan fingerprint density at radius 1 is 1.07 bits per heavy atom. The van der Waals surface area contributed by atoms with Crippen LogP contribution in [-0.4, -0.2) is 29.9 Å². The number of anilines is 1. The van der Waals surface area contributed by atoms with E-state index in [1.54, 1.807) is 30.5 Å². The van der Waals surface area contributed by atoms with Gasteiger partial charge in [0.2, 0.25) is 5.91 Å². The molecule has 3 aromatic rings. The molecule has 29 heavy (non-hydrogen) atoms. The van der Waals surface area contributed by atoms with Crippen molar-refractivity contribution in [1.82, 2.24) is 10.3 Å². The van der Waals surface area contributed by atoms with E-state index in [4.69, 9.17) is 27.9 Å².